The maximum atomic E-state index is 10.9. The van der Waals surface area contributed by atoms with Crippen LogP contribution < -0.4 is 0 Å². The van der Waals surface area contributed by atoms with Gasteiger partial charge in [0.25, 0.3) is 0 Å². The van der Waals surface area contributed by atoms with Gasteiger partial charge in [-0.1, -0.05) is 6.92 Å². The summed E-state index contributed by atoms with van der Waals surface area (Å²) in [7, 11) is 0. The van der Waals surface area contributed by atoms with Crippen molar-refractivity contribution in [3.63, 3.8) is 0 Å². The van der Waals surface area contributed by atoms with Gasteiger partial charge in [-0.15, -0.1) is 0 Å². The molecule has 23 heavy (non-hydrogen) atoms. The van der Waals surface area contributed by atoms with Crippen LogP contribution in [0.3, 0.4) is 0 Å². The van der Waals surface area contributed by atoms with Gasteiger partial charge >= 0.3 is 12.4 Å². The fraction of sp³-hybridized carbons (Fsp3) is 0.250. The van der Waals surface area contributed by atoms with Gasteiger partial charge in [-0.25, -0.2) is 19.1 Å². The topological polar surface area (TPSA) is 0 Å². The summed E-state index contributed by atoms with van der Waals surface area (Å²) < 4.78 is 65.5. The number of halogens is 6. The van der Waals surface area contributed by atoms with Crippen LogP contribution in [0, 0.1) is 25.7 Å². The summed E-state index contributed by atoms with van der Waals surface area (Å²) in [6.07, 6.45) is -10.1. The first-order valence-electron chi connectivity index (χ1n) is 6.04. The molecule has 0 fully saturated rings. The molecule has 0 aliphatic rings. The largest absolute Gasteiger partial charge is 0.748 e. The van der Waals surface area contributed by atoms with Gasteiger partial charge in [0.1, 0.15) is 0 Å². The molecule has 2 aromatic carbocycles. The monoisotopic (exact) mass is 418 g/mol. The van der Waals surface area contributed by atoms with E-state index in [9.17, 15) is 26.3 Å². The third kappa shape index (κ3) is 18.5. The van der Waals surface area contributed by atoms with Crippen molar-refractivity contribution in [3.8, 4) is 11.8 Å². The smallest absolute Gasteiger partial charge is 0.457 e. The van der Waals surface area contributed by atoms with E-state index in [0.29, 0.717) is 0 Å². The fourth-order valence-corrected chi connectivity index (χ4v) is 1.08. The summed E-state index contributed by atoms with van der Waals surface area (Å²) in [6, 6.07) is 16.5. The number of hydrogen-bond acceptors (Lipinski definition) is 0. The second-order valence-corrected chi connectivity index (χ2v) is 4.17. The summed E-state index contributed by atoms with van der Waals surface area (Å²) in [5.41, 5.74) is 2.69. The quantitative estimate of drug-likeness (QED) is 0.229. The number of aryl methyl sites for hydroxylation is 2. The molecule has 0 aliphatic carbocycles. The van der Waals surface area contributed by atoms with Crippen LogP contribution in [0.1, 0.15) is 11.1 Å². The maximum Gasteiger partial charge on any atom is 0.457 e. The second-order valence-electron chi connectivity index (χ2n) is 4.17. The first-order chi connectivity index (χ1) is 9.99. The Morgan fingerprint density at radius 2 is 1.13 bits per heavy atom. The van der Waals surface area contributed by atoms with Crippen molar-refractivity contribution < 1.29 is 47.4 Å². The van der Waals surface area contributed by atoms with E-state index in [-0.39, 0.29) is 32.9 Å². The average Bonchev–Trinajstić information content (AvgIpc) is 3.00. The number of alkyl halides is 6. The molecule has 0 heterocycles. The van der Waals surface area contributed by atoms with Gasteiger partial charge in [-0.2, -0.15) is 44.0 Å². The number of rotatable bonds is 0. The third-order valence-electron chi connectivity index (χ3n) is 2.00. The van der Waals surface area contributed by atoms with Crippen LogP contribution in [0.2, 0.25) is 0 Å². The SMILES string of the molecule is C[c-]1[cH-][cH-][cH-][cH-]1.C[c-]1cccc1.FC(F)(F)C#CC(F)(F)F.[Mo]. The molecule has 0 radical (unpaired) electrons. The molecule has 0 N–H and O–H groups in total. The van der Waals surface area contributed by atoms with E-state index in [1.165, 1.54) is 11.1 Å². The van der Waals surface area contributed by atoms with Gasteiger partial charge in [0.05, 0.1) is 0 Å². The zero-order valence-corrected chi connectivity index (χ0v) is 14.3. The Bertz CT molecular complexity index is 500. The van der Waals surface area contributed by atoms with Crippen LogP contribution in [-0.4, -0.2) is 12.4 Å². The summed E-state index contributed by atoms with van der Waals surface area (Å²) >= 11 is 0. The Labute approximate surface area is 145 Å². The molecule has 0 amide bonds. The maximum absolute atomic E-state index is 10.9. The van der Waals surface area contributed by atoms with E-state index in [1.54, 1.807) is 0 Å². The molecular weight excluding hydrogens is 402 g/mol. The van der Waals surface area contributed by atoms with Crippen LogP contribution in [0.5, 0.6) is 0 Å². The number of hydrogen-bond donors (Lipinski definition) is 0. The van der Waals surface area contributed by atoms with Gasteiger partial charge in [0.2, 0.25) is 0 Å². The minimum absolute atomic E-state index is 0. The van der Waals surface area contributed by atoms with Crippen molar-refractivity contribution >= 4 is 0 Å². The van der Waals surface area contributed by atoms with Crippen LogP contribution in [0.15, 0.2) is 48.5 Å². The van der Waals surface area contributed by atoms with Crippen molar-refractivity contribution in [3.05, 3.63) is 59.7 Å². The predicted octanol–water partition coefficient (Wildman–Crippen LogP) is 5.54. The van der Waals surface area contributed by atoms with Crippen molar-refractivity contribution in [2.45, 2.75) is 26.2 Å². The summed E-state index contributed by atoms with van der Waals surface area (Å²) in [5.74, 6) is 0.174. The normalized spacial score (nSPS) is 9.91. The molecule has 2 aromatic rings. The van der Waals surface area contributed by atoms with Gasteiger partial charge < -0.3 is 29.8 Å². The predicted molar refractivity (Wildman–Crippen MR) is 73.4 cm³/mol. The van der Waals surface area contributed by atoms with Crippen LogP contribution >= 0.6 is 0 Å². The molecule has 132 valence electrons. The Kier molecular flexibility index (Phi) is 11.5. The molecule has 0 saturated carbocycles. The first-order valence-corrected chi connectivity index (χ1v) is 6.04. The van der Waals surface area contributed by atoms with Crippen LogP contribution in [0.25, 0.3) is 0 Å². The summed E-state index contributed by atoms with van der Waals surface area (Å²) in [4.78, 5) is 0. The molecule has 7 heteroatoms. The van der Waals surface area contributed by atoms with Crippen LogP contribution in [0.4, 0.5) is 26.3 Å². The molecule has 0 saturated heterocycles. The Morgan fingerprint density at radius 1 is 0.783 bits per heavy atom. The molecular formula is C16H14F6Mo-6. The van der Waals surface area contributed by atoms with Crippen molar-refractivity contribution in [2.75, 3.05) is 0 Å². The average molecular weight is 416 g/mol. The molecule has 0 aliphatic heterocycles. The van der Waals surface area contributed by atoms with E-state index < -0.39 is 12.4 Å². The molecule has 0 nitrogen and oxygen atoms in total. The van der Waals surface area contributed by atoms with Gasteiger partial charge in [-0.3, -0.25) is 0 Å². The Balaban J connectivity index is 0. The van der Waals surface area contributed by atoms with Gasteiger partial charge in [-0.05, 0) is 0 Å². The minimum atomic E-state index is -5.07. The molecule has 0 bridgehead atoms. The molecule has 0 aromatic heterocycles. The standard InChI is InChI=1S/2C6H7.C4F6.Mo/c2*1-6-4-2-3-5-6;5-3(6,7)1-2-4(8,9)10;/h2*2-5H,1H3;;/q-5;-1;;. The first kappa shape index (κ1) is 23.8. The molecule has 2 rings (SSSR count). The van der Waals surface area contributed by atoms with E-state index in [4.69, 9.17) is 0 Å². The zero-order chi connectivity index (χ0) is 17.2. The van der Waals surface area contributed by atoms with Gasteiger partial charge in [0, 0.05) is 32.9 Å². The van der Waals surface area contributed by atoms with Crippen molar-refractivity contribution in [1.82, 2.24) is 0 Å². The summed E-state index contributed by atoms with van der Waals surface area (Å²) in [6.45, 7) is 4.17. The Morgan fingerprint density at radius 3 is 1.26 bits per heavy atom. The molecule has 0 spiro atoms. The third-order valence-corrected chi connectivity index (χ3v) is 2.00. The van der Waals surface area contributed by atoms with Gasteiger partial charge in [0.15, 0.2) is 0 Å². The fourth-order valence-electron chi connectivity index (χ4n) is 1.08. The van der Waals surface area contributed by atoms with E-state index >= 15 is 0 Å². The van der Waals surface area contributed by atoms with E-state index in [2.05, 4.69) is 38.1 Å². The van der Waals surface area contributed by atoms with Crippen molar-refractivity contribution in [1.29, 1.82) is 0 Å². The molecule has 0 atom stereocenters. The zero-order valence-electron chi connectivity index (χ0n) is 12.3. The minimum Gasteiger partial charge on any atom is -0.748 e. The van der Waals surface area contributed by atoms with E-state index in [0.717, 1.165) is 0 Å². The Hall–Kier alpha value is -1.47. The summed E-state index contributed by atoms with van der Waals surface area (Å²) in [5, 5.41) is 0. The van der Waals surface area contributed by atoms with E-state index in [1.807, 2.05) is 24.3 Å². The van der Waals surface area contributed by atoms with Crippen LogP contribution in [-0.2, 0) is 21.1 Å². The second kappa shape index (κ2) is 11.1. The van der Waals surface area contributed by atoms with Crippen molar-refractivity contribution in [2.24, 2.45) is 0 Å². The molecule has 0 unspecified atom stereocenters.